The van der Waals surface area contributed by atoms with Gasteiger partial charge in [0.05, 0.1) is 7.11 Å². The van der Waals surface area contributed by atoms with Gasteiger partial charge in [-0.2, -0.15) is 0 Å². The van der Waals surface area contributed by atoms with Gasteiger partial charge in [-0.25, -0.2) is 14.3 Å². The quantitative estimate of drug-likeness (QED) is 0.347. The molecule has 172 valence electrons. The zero-order chi connectivity index (χ0) is 23.5. The van der Waals surface area contributed by atoms with Crippen LogP contribution in [0, 0.1) is 0 Å². The lowest BCUT2D eigenvalue weighted by atomic mass is 10.1. The summed E-state index contributed by atoms with van der Waals surface area (Å²) < 4.78 is 20.3. The van der Waals surface area contributed by atoms with Crippen molar-refractivity contribution >= 4 is 25.0 Å². The van der Waals surface area contributed by atoms with Crippen LogP contribution in [0.15, 0.2) is 40.4 Å². The molecule has 0 aliphatic carbocycles. The number of rotatable bonds is 10. The summed E-state index contributed by atoms with van der Waals surface area (Å²) in [6.45, 7) is 3.74. The monoisotopic (exact) mass is 462 g/mol. The normalized spacial score (nSPS) is 11.8. The SMILES string of the molecule is C=Cn1c(=O)c2c(nc(CCc3cccc(OC)c3)n2C)n(CCCCP(=O)(O)O)c1=O. The lowest BCUT2D eigenvalue weighted by Gasteiger charge is -2.09. The van der Waals surface area contributed by atoms with E-state index in [0.717, 1.165) is 15.9 Å². The van der Waals surface area contributed by atoms with Crippen LogP contribution in [-0.4, -0.2) is 41.7 Å². The molecule has 0 radical (unpaired) electrons. The van der Waals surface area contributed by atoms with Crippen molar-refractivity contribution in [1.29, 1.82) is 0 Å². The predicted octanol–water partition coefficient (Wildman–Crippen LogP) is 1.75. The smallest absolute Gasteiger partial charge is 0.336 e. The molecular formula is C21H27N4O6P. The van der Waals surface area contributed by atoms with E-state index in [9.17, 15) is 14.2 Å². The molecule has 0 bridgehead atoms. The largest absolute Gasteiger partial charge is 0.497 e. The van der Waals surface area contributed by atoms with E-state index in [1.54, 1.807) is 18.7 Å². The van der Waals surface area contributed by atoms with E-state index in [2.05, 4.69) is 11.6 Å². The van der Waals surface area contributed by atoms with Crippen LogP contribution >= 0.6 is 7.60 Å². The standard InChI is InChI=1S/C21H27N4O6P/c1-4-24-20(26)18-19(25(21(24)27)12-5-6-13-32(28,29)30)22-17(23(18)2)11-10-15-8-7-9-16(14-15)31-3/h4,7-9,14H,1,5-6,10-13H2,2-3H3,(H2,28,29,30). The van der Waals surface area contributed by atoms with Crippen LogP contribution in [0.3, 0.4) is 0 Å². The van der Waals surface area contributed by atoms with E-state index in [1.165, 1.54) is 10.8 Å². The van der Waals surface area contributed by atoms with Gasteiger partial charge in [0, 0.05) is 32.4 Å². The third-order valence-electron chi connectivity index (χ3n) is 5.32. The van der Waals surface area contributed by atoms with E-state index in [1.807, 2.05) is 24.3 Å². The van der Waals surface area contributed by atoms with Crippen LogP contribution in [0.4, 0.5) is 0 Å². The van der Waals surface area contributed by atoms with Gasteiger partial charge in [-0.3, -0.25) is 13.9 Å². The second kappa shape index (κ2) is 9.68. The Morgan fingerprint density at radius 2 is 1.97 bits per heavy atom. The summed E-state index contributed by atoms with van der Waals surface area (Å²) in [6, 6.07) is 7.68. The van der Waals surface area contributed by atoms with Crippen molar-refractivity contribution in [2.45, 2.75) is 32.2 Å². The molecule has 3 aromatic rings. The van der Waals surface area contributed by atoms with E-state index in [4.69, 9.17) is 14.5 Å². The topological polar surface area (TPSA) is 129 Å². The predicted molar refractivity (Wildman–Crippen MR) is 122 cm³/mol. The van der Waals surface area contributed by atoms with Crippen molar-refractivity contribution in [2.75, 3.05) is 13.3 Å². The second-order valence-corrected chi connectivity index (χ2v) is 9.27. The summed E-state index contributed by atoms with van der Waals surface area (Å²) in [7, 11) is -0.770. The first-order valence-corrected chi connectivity index (χ1v) is 12.0. The van der Waals surface area contributed by atoms with Crippen LogP contribution < -0.4 is 16.0 Å². The lowest BCUT2D eigenvalue weighted by molar-refractivity contribution is 0.370. The van der Waals surface area contributed by atoms with E-state index < -0.39 is 18.8 Å². The fraction of sp³-hybridized carbons (Fsp3) is 0.381. The number of hydrogen-bond donors (Lipinski definition) is 2. The second-order valence-electron chi connectivity index (χ2n) is 7.50. The molecule has 10 nitrogen and oxygen atoms in total. The minimum absolute atomic E-state index is 0.176. The van der Waals surface area contributed by atoms with Gasteiger partial charge >= 0.3 is 13.3 Å². The third kappa shape index (κ3) is 5.09. The number of benzene rings is 1. The molecule has 0 fully saturated rings. The first-order chi connectivity index (χ1) is 15.2. The van der Waals surface area contributed by atoms with Gasteiger partial charge in [0.25, 0.3) is 5.56 Å². The van der Waals surface area contributed by atoms with Crippen molar-refractivity contribution in [3.63, 3.8) is 0 Å². The summed E-state index contributed by atoms with van der Waals surface area (Å²) in [5, 5.41) is 0. The number of methoxy groups -OCH3 is 1. The van der Waals surface area contributed by atoms with Crippen molar-refractivity contribution in [3.05, 3.63) is 63.1 Å². The fourth-order valence-electron chi connectivity index (χ4n) is 3.64. The maximum Gasteiger partial charge on any atom is 0.336 e. The molecule has 1 aromatic carbocycles. The average molecular weight is 462 g/mol. The van der Waals surface area contributed by atoms with Crippen LogP contribution in [0.5, 0.6) is 5.75 Å². The van der Waals surface area contributed by atoms with Gasteiger partial charge in [0.1, 0.15) is 11.6 Å². The molecule has 0 saturated heterocycles. The van der Waals surface area contributed by atoms with Gasteiger partial charge in [0.15, 0.2) is 11.2 Å². The Kier molecular flexibility index (Phi) is 7.18. The molecule has 0 saturated carbocycles. The minimum Gasteiger partial charge on any atom is -0.497 e. The maximum absolute atomic E-state index is 12.9. The average Bonchev–Trinajstić information content (AvgIpc) is 3.07. The molecule has 11 heteroatoms. The highest BCUT2D eigenvalue weighted by Gasteiger charge is 2.19. The molecule has 2 heterocycles. The molecule has 2 N–H and O–H groups in total. The summed E-state index contributed by atoms with van der Waals surface area (Å²) in [6.07, 6.45) is 2.69. The van der Waals surface area contributed by atoms with Crippen molar-refractivity contribution in [3.8, 4) is 5.75 Å². The van der Waals surface area contributed by atoms with Gasteiger partial charge in [0.2, 0.25) is 0 Å². The Balaban J connectivity index is 1.96. The van der Waals surface area contributed by atoms with Crippen LogP contribution in [0.1, 0.15) is 24.2 Å². The third-order valence-corrected chi connectivity index (χ3v) is 6.22. The van der Waals surface area contributed by atoms with E-state index in [0.29, 0.717) is 25.1 Å². The van der Waals surface area contributed by atoms with Crippen molar-refractivity contribution in [1.82, 2.24) is 18.7 Å². The van der Waals surface area contributed by atoms with Crippen molar-refractivity contribution < 1.29 is 19.1 Å². The number of hydrogen-bond acceptors (Lipinski definition) is 5. The summed E-state index contributed by atoms with van der Waals surface area (Å²) in [5.41, 5.74) is 0.507. The number of aryl methyl sites for hydroxylation is 4. The number of ether oxygens (including phenoxy) is 1. The molecular weight excluding hydrogens is 435 g/mol. The Morgan fingerprint density at radius 1 is 1.22 bits per heavy atom. The zero-order valence-electron chi connectivity index (χ0n) is 18.1. The maximum atomic E-state index is 12.9. The van der Waals surface area contributed by atoms with Crippen LogP contribution in [0.25, 0.3) is 17.4 Å². The molecule has 0 amide bonds. The van der Waals surface area contributed by atoms with Crippen LogP contribution in [0.2, 0.25) is 0 Å². The summed E-state index contributed by atoms with van der Waals surface area (Å²) in [4.78, 5) is 48.4. The number of imidazole rings is 1. The summed E-state index contributed by atoms with van der Waals surface area (Å²) in [5.74, 6) is 1.40. The zero-order valence-corrected chi connectivity index (χ0v) is 19.0. The minimum atomic E-state index is -4.11. The molecule has 2 aromatic heterocycles. The molecule has 32 heavy (non-hydrogen) atoms. The Hall–Kier alpha value is -2.94. The molecule has 0 atom stereocenters. The summed E-state index contributed by atoms with van der Waals surface area (Å²) >= 11 is 0. The first-order valence-electron chi connectivity index (χ1n) is 10.2. The Labute approximate surface area is 184 Å². The number of nitrogens with zero attached hydrogens (tertiary/aromatic N) is 4. The highest BCUT2D eigenvalue weighted by atomic mass is 31.2. The van der Waals surface area contributed by atoms with E-state index >= 15 is 0 Å². The highest BCUT2D eigenvalue weighted by Crippen LogP contribution is 2.35. The van der Waals surface area contributed by atoms with E-state index in [-0.39, 0.29) is 30.3 Å². The number of unbranched alkanes of at least 4 members (excludes halogenated alkanes) is 1. The van der Waals surface area contributed by atoms with Gasteiger partial charge < -0.3 is 19.1 Å². The van der Waals surface area contributed by atoms with Gasteiger partial charge in [-0.1, -0.05) is 18.7 Å². The molecule has 0 aliphatic heterocycles. The van der Waals surface area contributed by atoms with Gasteiger partial charge in [-0.05, 0) is 37.0 Å². The fourth-order valence-corrected chi connectivity index (χ4v) is 4.27. The van der Waals surface area contributed by atoms with Crippen LogP contribution in [-0.2, 0) is 31.0 Å². The number of fused-ring (bicyclic) bond motifs is 1. The molecule has 0 unspecified atom stereocenters. The van der Waals surface area contributed by atoms with Gasteiger partial charge in [-0.15, -0.1) is 0 Å². The number of aromatic nitrogens is 4. The highest BCUT2D eigenvalue weighted by molar-refractivity contribution is 7.51. The molecule has 0 aliphatic rings. The molecule has 3 rings (SSSR count). The Bertz CT molecular complexity index is 1300. The molecule has 0 spiro atoms. The Morgan fingerprint density at radius 3 is 2.62 bits per heavy atom. The van der Waals surface area contributed by atoms with Crippen molar-refractivity contribution in [2.24, 2.45) is 7.05 Å². The first kappa shape index (κ1) is 23.7. The lowest BCUT2D eigenvalue weighted by Crippen LogP contribution is -2.38.